The summed E-state index contributed by atoms with van der Waals surface area (Å²) in [5.41, 5.74) is 9.42. The van der Waals surface area contributed by atoms with E-state index in [2.05, 4.69) is 12.5 Å². The van der Waals surface area contributed by atoms with Crippen molar-refractivity contribution in [3.8, 4) is 18.9 Å². The first kappa shape index (κ1) is 11.1. The van der Waals surface area contributed by atoms with Gasteiger partial charge >= 0.3 is 0 Å². The van der Waals surface area contributed by atoms with Crippen LogP contribution in [0.3, 0.4) is 0 Å². The monoisotopic (exact) mass is 172 g/mol. The lowest BCUT2D eigenvalue weighted by molar-refractivity contribution is 1.37. The first-order chi connectivity index (χ1) is 6.16. The number of rotatable bonds is 0. The van der Waals surface area contributed by atoms with Gasteiger partial charge in [-0.05, 0) is 25.0 Å². The molecule has 2 nitrogen and oxygen atoms in total. The Labute approximate surface area is 79.0 Å². The van der Waals surface area contributed by atoms with Crippen LogP contribution in [0.4, 0.5) is 5.69 Å². The Kier molecular flexibility index (Phi) is 4.13. The van der Waals surface area contributed by atoms with Crippen LogP contribution in [0.2, 0.25) is 0 Å². The van der Waals surface area contributed by atoms with E-state index in [9.17, 15) is 0 Å². The molecule has 13 heavy (non-hydrogen) atoms. The van der Waals surface area contributed by atoms with E-state index in [-0.39, 0.29) is 0 Å². The molecule has 0 aliphatic rings. The summed E-state index contributed by atoms with van der Waals surface area (Å²) < 4.78 is 0. The number of aryl methyl sites for hydroxylation is 2. The van der Waals surface area contributed by atoms with Crippen molar-refractivity contribution in [1.29, 1.82) is 5.26 Å². The number of nitriles is 1. The van der Waals surface area contributed by atoms with E-state index in [0.29, 0.717) is 0 Å². The number of nitrogens with zero attached hydrogens (tertiary/aromatic N) is 1. The molecule has 0 aliphatic heterocycles. The predicted molar refractivity (Wildman–Crippen MR) is 54.9 cm³/mol. The van der Waals surface area contributed by atoms with Crippen molar-refractivity contribution in [3.63, 3.8) is 0 Å². The van der Waals surface area contributed by atoms with E-state index in [4.69, 9.17) is 17.4 Å². The number of nitrogen functional groups attached to an aromatic ring is 1. The largest absolute Gasteiger partial charge is 0.397 e. The predicted octanol–water partition coefficient (Wildman–Crippen LogP) is 2.01. The summed E-state index contributed by atoms with van der Waals surface area (Å²) in [6, 6.07) is 3.96. The maximum absolute atomic E-state index is 6.50. The number of benzene rings is 1. The highest BCUT2D eigenvalue weighted by atomic mass is 14.6. The molecule has 0 heterocycles. The Morgan fingerprint density at radius 1 is 1.23 bits per heavy atom. The minimum Gasteiger partial charge on any atom is -0.397 e. The average molecular weight is 172 g/mol. The molecule has 0 aromatic heterocycles. The SMILES string of the molecule is C#Cc1c(C)ccc(C)c1N.C#N. The molecule has 66 valence electrons. The molecule has 0 bridgehead atoms. The minimum absolute atomic E-state index is 0.729. The number of terminal acetylenes is 1. The van der Waals surface area contributed by atoms with E-state index in [1.807, 2.05) is 26.0 Å². The molecule has 1 aromatic rings. The second-order valence-corrected chi connectivity index (χ2v) is 2.63. The molecule has 0 fully saturated rings. The molecule has 0 radical (unpaired) electrons. The highest BCUT2D eigenvalue weighted by Gasteiger charge is 2.01. The highest BCUT2D eigenvalue weighted by Crippen LogP contribution is 2.19. The van der Waals surface area contributed by atoms with Gasteiger partial charge in [-0.15, -0.1) is 6.42 Å². The Morgan fingerprint density at radius 3 is 2.08 bits per heavy atom. The van der Waals surface area contributed by atoms with Gasteiger partial charge in [-0.2, -0.15) is 0 Å². The van der Waals surface area contributed by atoms with E-state index in [1.54, 1.807) is 0 Å². The first-order valence-corrected chi connectivity index (χ1v) is 3.75. The fraction of sp³-hybridized carbons (Fsp3) is 0.182. The maximum Gasteiger partial charge on any atom is 0.0505 e. The lowest BCUT2D eigenvalue weighted by atomic mass is 10.0. The molecular formula is C11H12N2. The van der Waals surface area contributed by atoms with Crippen LogP contribution >= 0.6 is 0 Å². The number of hydrogen-bond acceptors (Lipinski definition) is 2. The summed E-state index contributed by atoms with van der Waals surface area (Å²) in [7, 11) is 0. The van der Waals surface area contributed by atoms with Gasteiger partial charge in [-0.3, -0.25) is 0 Å². The van der Waals surface area contributed by atoms with Crippen molar-refractivity contribution in [3.05, 3.63) is 28.8 Å². The van der Waals surface area contributed by atoms with Crippen molar-refractivity contribution < 1.29 is 0 Å². The number of anilines is 1. The lowest BCUT2D eigenvalue weighted by Gasteiger charge is -2.05. The zero-order valence-electron chi connectivity index (χ0n) is 7.83. The van der Waals surface area contributed by atoms with Gasteiger partial charge in [0, 0.05) is 6.57 Å². The molecule has 1 aromatic carbocycles. The molecule has 1 rings (SSSR count). The Hall–Kier alpha value is -1.93. The van der Waals surface area contributed by atoms with Gasteiger partial charge in [0.25, 0.3) is 0 Å². The molecule has 0 amide bonds. The van der Waals surface area contributed by atoms with Crippen LogP contribution in [0.15, 0.2) is 12.1 Å². The van der Waals surface area contributed by atoms with Crippen LogP contribution in [-0.4, -0.2) is 0 Å². The van der Waals surface area contributed by atoms with E-state index in [0.717, 1.165) is 22.4 Å². The van der Waals surface area contributed by atoms with Crippen molar-refractivity contribution >= 4 is 5.69 Å². The van der Waals surface area contributed by atoms with Gasteiger partial charge in [-0.1, -0.05) is 18.1 Å². The fourth-order valence-corrected chi connectivity index (χ4v) is 1.02. The molecule has 0 atom stereocenters. The van der Waals surface area contributed by atoms with Crippen molar-refractivity contribution in [2.75, 3.05) is 5.73 Å². The summed E-state index contributed by atoms with van der Waals surface area (Å²) in [4.78, 5) is 0. The summed E-state index contributed by atoms with van der Waals surface area (Å²) >= 11 is 0. The van der Waals surface area contributed by atoms with Crippen LogP contribution in [0.5, 0.6) is 0 Å². The van der Waals surface area contributed by atoms with Gasteiger partial charge in [0.2, 0.25) is 0 Å². The quantitative estimate of drug-likeness (QED) is 0.480. The topological polar surface area (TPSA) is 49.8 Å². The third-order valence-corrected chi connectivity index (χ3v) is 1.82. The zero-order chi connectivity index (χ0) is 10.4. The number of nitrogens with two attached hydrogens (primary N) is 1. The third-order valence-electron chi connectivity index (χ3n) is 1.82. The lowest BCUT2D eigenvalue weighted by Crippen LogP contribution is -1.95. The Bertz CT molecular complexity index is 356. The summed E-state index contributed by atoms with van der Waals surface area (Å²) in [5.74, 6) is 2.58. The van der Waals surface area contributed by atoms with Crippen molar-refractivity contribution in [1.82, 2.24) is 0 Å². The smallest absolute Gasteiger partial charge is 0.0505 e. The Balaban J connectivity index is 0.000000671. The van der Waals surface area contributed by atoms with Gasteiger partial charge in [0.1, 0.15) is 0 Å². The van der Waals surface area contributed by atoms with Crippen LogP contribution < -0.4 is 5.73 Å². The molecule has 0 unspecified atom stereocenters. The van der Waals surface area contributed by atoms with Gasteiger partial charge < -0.3 is 5.73 Å². The minimum atomic E-state index is 0.729. The van der Waals surface area contributed by atoms with Crippen LogP contribution in [0, 0.1) is 38.0 Å². The normalized spacial score (nSPS) is 7.92. The fourth-order valence-electron chi connectivity index (χ4n) is 1.02. The molecular weight excluding hydrogens is 160 g/mol. The van der Waals surface area contributed by atoms with Crippen LogP contribution in [-0.2, 0) is 0 Å². The van der Waals surface area contributed by atoms with Gasteiger partial charge in [0.15, 0.2) is 0 Å². The average Bonchev–Trinajstić information content (AvgIpc) is 2.16. The van der Waals surface area contributed by atoms with E-state index >= 15 is 0 Å². The third kappa shape index (κ3) is 2.25. The molecule has 0 saturated carbocycles. The molecule has 2 heteroatoms. The van der Waals surface area contributed by atoms with Gasteiger partial charge in [-0.25, -0.2) is 5.26 Å². The second-order valence-electron chi connectivity index (χ2n) is 2.63. The van der Waals surface area contributed by atoms with Crippen molar-refractivity contribution in [2.24, 2.45) is 0 Å². The summed E-state index contributed by atoms with van der Waals surface area (Å²) in [6.45, 7) is 7.42. The maximum atomic E-state index is 6.50. The molecule has 0 saturated heterocycles. The molecule has 0 aliphatic carbocycles. The van der Waals surface area contributed by atoms with Crippen molar-refractivity contribution in [2.45, 2.75) is 13.8 Å². The summed E-state index contributed by atoms with van der Waals surface area (Å²) in [5, 5.41) is 6.50. The van der Waals surface area contributed by atoms with Gasteiger partial charge in [0.05, 0.1) is 11.3 Å². The van der Waals surface area contributed by atoms with Crippen LogP contribution in [0.25, 0.3) is 0 Å². The van der Waals surface area contributed by atoms with Crippen LogP contribution in [0.1, 0.15) is 16.7 Å². The summed E-state index contributed by atoms with van der Waals surface area (Å²) in [6.07, 6.45) is 5.29. The number of hydrogen-bond donors (Lipinski definition) is 1. The standard InChI is InChI=1S/C10H11N.CHN/c1-4-9-7(2)5-6-8(3)10(9)11;1-2/h1,5-6H,11H2,2-3H3;1H. The Morgan fingerprint density at radius 2 is 1.69 bits per heavy atom. The zero-order valence-corrected chi connectivity index (χ0v) is 7.83. The molecule has 2 N–H and O–H groups in total. The first-order valence-electron chi connectivity index (χ1n) is 3.75. The second kappa shape index (κ2) is 4.85. The van der Waals surface area contributed by atoms with E-state index < -0.39 is 0 Å². The highest BCUT2D eigenvalue weighted by molar-refractivity contribution is 5.62. The van der Waals surface area contributed by atoms with E-state index in [1.165, 1.54) is 0 Å². The molecule has 0 spiro atoms.